The van der Waals surface area contributed by atoms with E-state index in [0.29, 0.717) is 5.92 Å². The van der Waals surface area contributed by atoms with Gasteiger partial charge in [0.25, 0.3) is 0 Å². The van der Waals surface area contributed by atoms with Gasteiger partial charge in [-0.25, -0.2) is 4.79 Å². The number of anilines is 1. The number of carbonyl (C=O) groups is 1. The van der Waals surface area contributed by atoms with E-state index in [1.165, 1.54) is 5.56 Å². The summed E-state index contributed by atoms with van der Waals surface area (Å²) in [5.74, 6) is 0.495. The molecule has 4 heteroatoms. The number of halogens is 1. The number of benzene rings is 1. The molecule has 0 heterocycles. The summed E-state index contributed by atoms with van der Waals surface area (Å²) < 4.78 is 5.14. The molecular weight excluding hydrogens is 341 g/mol. The van der Waals surface area contributed by atoms with Gasteiger partial charge in [-0.05, 0) is 52.6 Å². The summed E-state index contributed by atoms with van der Waals surface area (Å²) in [6, 6.07) is 7.85. The highest BCUT2D eigenvalue weighted by Crippen LogP contribution is 2.18. The normalized spacial score (nSPS) is 12.3. The van der Waals surface area contributed by atoms with Crippen molar-refractivity contribution in [1.29, 1.82) is 0 Å². The maximum Gasteiger partial charge on any atom is 0.412 e. The van der Waals surface area contributed by atoms with Crippen LogP contribution in [0, 0.1) is 0 Å². The number of ether oxygens (including phenoxy) is 1. The van der Waals surface area contributed by atoms with E-state index in [0.717, 1.165) is 18.5 Å². The Morgan fingerprint density at radius 3 is 2.44 bits per heavy atom. The van der Waals surface area contributed by atoms with Crippen LogP contribution < -0.4 is 5.32 Å². The molecular formula is C14H20INO2. The van der Waals surface area contributed by atoms with Crippen molar-refractivity contribution >= 4 is 34.4 Å². The quantitative estimate of drug-likeness (QED) is 0.597. The summed E-state index contributed by atoms with van der Waals surface area (Å²) in [7, 11) is 0. The summed E-state index contributed by atoms with van der Waals surface area (Å²) in [5, 5.41) is 2.73. The van der Waals surface area contributed by atoms with Gasteiger partial charge in [-0.3, -0.25) is 5.32 Å². The monoisotopic (exact) mass is 361 g/mol. The summed E-state index contributed by atoms with van der Waals surface area (Å²) in [5.41, 5.74) is 2.02. The van der Waals surface area contributed by atoms with Crippen LogP contribution in [0.3, 0.4) is 0 Å². The lowest BCUT2D eigenvalue weighted by Crippen LogP contribution is -2.18. The van der Waals surface area contributed by atoms with E-state index in [9.17, 15) is 4.79 Å². The highest BCUT2D eigenvalue weighted by atomic mass is 127. The Kier molecular flexibility index (Phi) is 6.46. The van der Waals surface area contributed by atoms with E-state index in [1.54, 1.807) is 0 Å². The second-order valence-corrected chi connectivity index (χ2v) is 5.90. The SMILES string of the molecule is CCCC(I)OC(=O)Nc1ccc(C(C)C)cc1. The Morgan fingerprint density at radius 2 is 1.94 bits per heavy atom. The maximum absolute atomic E-state index is 11.6. The molecule has 0 aliphatic carbocycles. The first-order chi connectivity index (χ1) is 8.52. The third kappa shape index (κ3) is 5.25. The van der Waals surface area contributed by atoms with Crippen LogP contribution in [-0.2, 0) is 4.74 Å². The second kappa shape index (κ2) is 7.61. The first-order valence-corrected chi connectivity index (χ1v) is 7.49. The van der Waals surface area contributed by atoms with E-state index < -0.39 is 0 Å². The van der Waals surface area contributed by atoms with Gasteiger partial charge in [-0.15, -0.1) is 0 Å². The zero-order chi connectivity index (χ0) is 13.5. The largest absolute Gasteiger partial charge is 0.435 e. The third-order valence-electron chi connectivity index (χ3n) is 2.57. The lowest BCUT2D eigenvalue weighted by Gasteiger charge is -2.12. The molecule has 1 unspecified atom stereocenters. The number of nitrogens with one attached hydrogen (secondary N) is 1. The molecule has 0 radical (unpaired) electrons. The van der Waals surface area contributed by atoms with Gasteiger partial charge in [0, 0.05) is 5.69 Å². The molecule has 0 aliphatic rings. The van der Waals surface area contributed by atoms with Gasteiger partial charge in [-0.2, -0.15) is 0 Å². The van der Waals surface area contributed by atoms with Crippen molar-refractivity contribution in [2.75, 3.05) is 5.32 Å². The van der Waals surface area contributed by atoms with Gasteiger partial charge in [0.1, 0.15) is 0 Å². The van der Waals surface area contributed by atoms with E-state index in [2.05, 4.69) is 48.7 Å². The summed E-state index contributed by atoms with van der Waals surface area (Å²) in [6.07, 6.45) is 1.49. The molecule has 1 atom stereocenters. The third-order valence-corrected chi connectivity index (χ3v) is 3.45. The molecule has 18 heavy (non-hydrogen) atoms. The minimum absolute atomic E-state index is 0.0671. The predicted molar refractivity (Wildman–Crippen MR) is 83.4 cm³/mol. The number of carbonyl (C=O) groups excluding carboxylic acids is 1. The van der Waals surface area contributed by atoms with Crippen LogP contribution in [0.15, 0.2) is 24.3 Å². The molecule has 1 aromatic carbocycles. The van der Waals surface area contributed by atoms with Crippen LogP contribution in [0.1, 0.15) is 45.1 Å². The van der Waals surface area contributed by atoms with Crippen LogP contribution in [0.25, 0.3) is 0 Å². The zero-order valence-electron chi connectivity index (χ0n) is 11.1. The fourth-order valence-electron chi connectivity index (χ4n) is 1.50. The van der Waals surface area contributed by atoms with Crippen LogP contribution in [0.4, 0.5) is 10.5 Å². The Bertz CT molecular complexity index is 376. The average Bonchev–Trinajstić information content (AvgIpc) is 2.29. The van der Waals surface area contributed by atoms with Gasteiger partial charge in [-0.1, -0.05) is 39.3 Å². The molecule has 100 valence electrons. The topological polar surface area (TPSA) is 38.3 Å². The highest BCUT2D eigenvalue weighted by molar-refractivity contribution is 14.1. The van der Waals surface area contributed by atoms with Crippen molar-refractivity contribution in [3.05, 3.63) is 29.8 Å². The number of hydrogen-bond donors (Lipinski definition) is 1. The van der Waals surface area contributed by atoms with Gasteiger partial charge >= 0.3 is 6.09 Å². The molecule has 0 saturated heterocycles. The number of amides is 1. The van der Waals surface area contributed by atoms with Crippen molar-refractivity contribution in [1.82, 2.24) is 0 Å². The molecule has 0 aliphatic heterocycles. The lowest BCUT2D eigenvalue weighted by molar-refractivity contribution is 0.152. The first kappa shape index (κ1) is 15.3. The molecule has 0 aromatic heterocycles. The highest BCUT2D eigenvalue weighted by Gasteiger charge is 2.10. The fourth-order valence-corrected chi connectivity index (χ4v) is 2.35. The number of hydrogen-bond acceptors (Lipinski definition) is 2. The standard InChI is InChI=1S/C14H20INO2/c1-4-5-13(15)18-14(17)16-12-8-6-11(7-9-12)10(2)3/h6-10,13H,4-5H2,1-3H3,(H,16,17). The predicted octanol–water partition coefficient (Wildman–Crippen LogP) is 4.92. The Balaban J connectivity index is 2.49. The summed E-state index contributed by atoms with van der Waals surface area (Å²) in [6.45, 7) is 6.35. The van der Waals surface area contributed by atoms with Gasteiger partial charge < -0.3 is 4.74 Å². The average molecular weight is 361 g/mol. The maximum atomic E-state index is 11.6. The molecule has 1 aromatic rings. The van der Waals surface area contributed by atoms with Crippen molar-refractivity contribution in [2.45, 2.75) is 43.6 Å². The Morgan fingerprint density at radius 1 is 1.33 bits per heavy atom. The lowest BCUT2D eigenvalue weighted by atomic mass is 10.0. The minimum Gasteiger partial charge on any atom is -0.435 e. The molecule has 1 N–H and O–H groups in total. The molecule has 1 rings (SSSR count). The van der Waals surface area contributed by atoms with Crippen molar-refractivity contribution in [3.63, 3.8) is 0 Å². The zero-order valence-corrected chi connectivity index (χ0v) is 13.2. The molecule has 3 nitrogen and oxygen atoms in total. The number of rotatable bonds is 5. The summed E-state index contributed by atoms with van der Waals surface area (Å²) >= 11 is 2.13. The van der Waals surface area contributed by atoms with Gasteiger partial charge in [0.2, 0.25) is 0 Å². The van der Waals surface area contributed by atoms with Crippen LogP contribution in [0.2, 0.25) is 0 Å². The van der Waals surface area contributed by atoms with Crippen molar-refractivity contribution in [2.24, 2.45) is 0 Å². The van der Waals surface area contributed by atoms with Crippen LogP contribution in [-0.4, -0.2) is 10.2 Å². The molecule has 0 fully saturated rings. The van der Waals surface area contributed by atoms with Gasteiger partial charge in [0.15, 0.2) is 4.11 Å². The second-order valence-electron chi connectivity index (χ2n) is 4.51. The van der Waals surface area contributed by atoms with Gasteiger partial charge in [0.05, 0.1) is 0 Å². The molecule has 0 spiro atoms. The number of alkyl halides is 1. The van der Waals surface area contributed by atoms with Crippen molar-refractivity contribution < 1.29 is 9.53 Å². The van der Waals surface area contributed by atoms with Crippen LogP contribution >= 0.6 is 22.6 Å². The first-order valence-electron chi connectivity index (χ1n) is 6.24. The van der Waals surface area contributed by atoms with E-state index in [4.69, 9.17) is 4.74 Å². The smallest absolute Gasteiger partial charge is 0.412 e. The Hall–Kier alpha value is -0.780. The van der Waals surface area contributed by atoms with E-state index in [1.807, 2.05) is 24.3 Å². The van der Waals surface area contributed by atoms with E-state index >= 15 is 0 Å². The van der Waals surface area contributed by atoms with Crippen molar-refractivity contribution in [3.8, 4) is 0 Å². The molecule has 0 bridgehead atoms. The molecule has 1 amide bonds. The van der Waals surface area contributed by atoms with E-state index in [-0.39, 0.29) is 10.2 Å². The molecule has 0 saturated carbocycles. The Labute approximate surface area is 122 Å². The fraction of sp³-hybridized carbons (Fsp3) is 0.500. The van der Waals surface area contributed by atoms with Crippen LogP contribution in [0.5, 0.6) is 0 Å². The minimum atomic E-state index is -0.389. The summed E-state index contributed by atoms with van der Waals surface area (Å²) in [4.78, 5) is 11.6.